The van der Waals surface area contributed by atoms with Gasteiger partial charge in [-0.25, -0.2) is 0 Å². The number of nitrogens with one attached hydrogen (secondary N) is 1. The topological polar surface area (TPSA) is 32.3 Å². The monoisotopic (exact) mass is 253 g/mol. The minimum absolute atomic E-state index is 0.240. The number of hydrogen-bond donors (Lipinski definition) is 2. The summed E-state index contributed by atoms with van der Waals surface area (Å²) < 4.78 is 0. The molecule has 4 rings (SSSR count). The third-order valence-corrected chi connectivity index (χ3v) is 4.89. The number of hydrogen-bond acceptors (Lipinski definition) is 2. The Morgan fingerprint density at radius 2 is 1.89 bits per heavy atom. The molecule has 0 spiro atoms. The lowest BCUT2D eigenvalue weighted by Crippen LogP contribution is -2.40. The van der Waals surface area contributed by atoms with Gasteiger partial charge in [-0.05, 0) is 41.5 Å². The molecule has 98 valence electrons. The van der Waals surface area contributed by atoms with E-state index in [-0.39, 0.29) is 12.1 Å². The van der Waals surface area contributed by atoms with E-state index in [0.29, 0.717) is 12.0 Å². The molecule has 0 unspecified atom stereocenters. The summed E-state index contributed by atoms with van der Waals surface area (Å²) in [5.41, 5.74) is 1.07. The first-order valence-corrected chi connectivity index (χ1v) is 7.25. The number of aliphatic hydroxyl groups is 1. The van der Waals surface area contributed by atoms with Crippen molar-refractivity contribution in [2.45, 2.75) is 37.5 Å². The van der Waals surface area contributed by atoms with Crippen LogP contribution in [-0.2, 0) is 0 Å². The SMILES string of the molecule is O[C@@H](c1cccc2ccccc12)[C@@H]1N[C@H]2CC[C@@H]1C2. The largest absolute Gasteiger partial charge is 0.387 e. The second-order valence-corrected chi connectivity index (χ2v) is 5.98. The van der Waals surface area contributed by atoms with E-state index in [4.69, 9.17) is 0 Å². The van der Waals surface area contributed by atoms with Crippen molar-refractivity contribution in [1.29, 1.82) is 0 Å². The molecule has 2 aromatic carbocycles. The maximum atomic E-state index is 10.8. The van der Waals surface area contributed by atoms with Crippen molar-refractivity contribution in [2.75, 3.05) is 0 Å². The van der Waals surface area contributed by atoms with E-state index in [1.807, 2.05) is 18.2 Å². The van der Waals surface area contributed by atoms with E-state index in [0.717, 1.165) is 5.56 Å². The quantitative estimate of drug-likeness (QED) is 0.862. The Labute approximate surface area is 113 Å². The molecule has 2 bridgehead atoms. The Morgan fingerprint density at radius 3 is 2.68 bits per heavy atom. The van der Waals surface area contributed by atoms with Crippen LogP contribution in [0.15, 0.2) is 42.5 Å². The highest BCUT2D eigenvalue weighted by molar-refractivity contribution is 5.86. The van der Waals surface area contributed by atoms with Gasteiger partial charge < -0.3 is 10.4 Å². The van der Waals surface area contributed by atoms with Gasteiger partial charge in [0.15, 0.2) is 0 Å². The number of benzene rings is 2. The molecule has 1 aliphatic heterocycles. The van der Waals surface area contributed by atoms with Crippen molar-refractivity contribution < 1.29 is 5.11 Å². The minimum Gasteiger partial charge on any atom is -0.387 e. The van der Waals surface area contributed by atoms with Crippen molar-refractivity contribution in [3.8, 4) is 0 Å². The second-order valence-electron chi connectivity index (χ2n) is 5.98. The summed E-state index contributed by atoms with van der Waals surface area (Å²) in [5.74, 6) is 0.652. The van der Waals surface area contributed by atoms with Crippen LogP contribution in [0, 0.1) is 5.92 Å². The Hall–Kier alpha value is -1.38. The van der Waals surface area contributed by atoms with Crippen LogP contribution in [0.1, 0.15) is 30.9 Å². The van der Waals surface area contributed by atoms with E-state index in [1.165, 1.54) is 30.0 Å². The fourth-order valence-electron chi connectivity index (χ4n) is 3.95. The van der Waals surface area contributed by atoms with Crippen LogP contribution in [0.5, 0.6) is 0 Å². The van der Waals surface area contributed by atoms with E-state index < -0.39 is 0 Å². The molecular weight excluding hydrogens is 234 g/mol. The maximum Gasteiger partial charge on any atom is 0.0951 e. The van der Waals surface area contributed by atoms with Crippen molar-refractivity contribution in [3.63, 3.8) is 0 Å². The first kappa shape index (κ1) is 11.4. The van der Waals surface area contributed by atoms with Crippen LogP contribution < -0.4 is 5.32 Å². The fraction of sp³-hybridized carbons (Fsp3) is 0.412. The number of piperidine rings is 1. The zero-order chi connectivity index (χ0) is 12.8. The zero-order valence-electron chi connectivity index (χ0n) is 10.9. The molecular formula is C17H19NO. The van der Waals surface area contributed by atoms with Crippen LogP contribution in [0.4, 0.5) is 0 Å². The average Bonchev–Trinajstić information content (AvgIpc) is 3.08. The third-order valence-electron chi connectivity index (χ3n) is 4.89. The lowest BCUT2D eigenvalue weighted by Gasteiger charge is -2.28. The molecule has 0 aromatic heterocycles. The molecule has 1 saturated carbocycles. The average molecular weight is 253 g/mol. The first-order chi connectivity index (χ1) is 9.33. The normalized spacial score (nSPS) is 30.9. The van der Waals surface area contributed by atoms with Crippen LogP contribution in [0.25, 0.3) is 10.8 Å². The highest BCUT2D eigenvalue weighted by atomic mass is 16.3. The molecule has 1 heterocycles. The van der Waals surface area contributed by atoms with Crippen LogP contribution in [-0.4, -0.2) is 17.2 Å². The molecule has 4 atom stereocenters. The molecule has 0 amide bonds. The van der Waals surface area contributed by atoms with Gasteiger partial charge in [0.1, 0.15) is 0 Å². The molecule has 2 heteroatoms. The summed E-state index contributed by atoms with van der Waals surface area (Å²) in [7, 11) is 0. The summed E-state index contributed by atoms with van der Waals surface area (Å²) in [6.45, 7) is 0. The van der Waals surface area contributed by atoms with Crippen LogP contribution in [0.2, 0.25) is 0 Å². The molecule has 1 saturated heterocycles. The van der Waals surface area contributed by atoms with Gasteiger partial charge in [-0.1, -0.05) is 42.5 Å². The summed E-state index contributed by atoms with van der Waals surface area (Å²) in [5, 5.41) is 16.8. The Bertz CT molecular complexity index is 604. The highest BCUT2D eigenvalue weighted by Gasteiger charge is 2.42. The predicted molar refractivity (Wildman–Crippen MR) is 77.0 cm³/mol. The fourth-order valence-corrected chi connectivity index (χ4v) is 3.95. The third kappa shape index (κ3) is 1.78. The smallest absolute Gasteiger partial charge is 0.0951 e. The summed E-state index contributed by atoms with van der Waals surface area (Å²) in [6, 6.07) is 15.4. The summed E-state index contributed by atoms with van der Waals surface area (Å²) >= 11 is 0. The highest BCUT2D eigenvalue weighted by Crippen LogP contribution is 2.41. The Morgan fingerprint density at radius 1 is 1.05 bits per heavy atom. The minimum atomic E-state index is -0.388. The van der Waals surface area contributed by atoms with Gasteiger partial charge in [-0.15, -0.1) is 0 Å². The van der Waals surface area contributed by atoms with Crippen molar-refractivity contribution in [1.82, 2.24) is 5.32 Å². The molecule has 2 aliphatic rings. The molecule has 1 aliphatic carbocycles. The van der Waals surface area contributed by atoms with Gasteiger partial charge >= 0.3 is 0 Å². The summed E-state index contributed by atoms with van der Waals surface area (Å²) in [6.07, 6.45) is 3.40. The van der Waals surface area contributed by atoms with E-state index >= 15 is 0 Å². The zero-order valence-corrected chi connectivity index (χ0v) is 10.9. The van der Waals surface area contributed by atoms with Gasteiger partial charge in [-0.3, -0.25) is 0 Å². The maximum absolute atomic E-state index is 10.8. The Kier molecular flexibility index (Phi) is 2.61. The van der Waals surface area contributed by atoms with Gasteiger partial charge in [-0.2, -0.15) is 0 Å². The van der Waals surface area contributed by atoms with Gasteiger partial charge in [0.2, 0.25) is 0 Å². The number of rotatable bonds is 2. The van der Waals surface area contributed by atoms with Crippen LogP contribution in [0.3, 0.4) is 0 Å². The molecule has 2 fully saturated rings. The second kappa shape index (κ2) is 4.32. The van der Waals surface area contributed by atoms with Gasteiger partial charge in [0.05, 0.1) is 6.10 Å². The lowest BCUT2D eigenvalue weighted by molar-refractivity contribution is 0.107. The Balaban J connectivity index is 1.74. The van der Waals surface area contributed by atoms with Crippen molar-refractivity contribution in [3.05, 3.63) is 48.0 Å². The number of aliphatic hydroxyl groups excluding tert-OH is 1. The van der Waals surface area contributed by atoms with E-state index in [1.54, 1.807) is 0 Å². The molecule has 2 nitrogen and oxygen atoms in total. The van der Waals surface area contributed by atoms with Crippen molar-refractivity contribution >= 4 is 10.8 Å². The predicted octanol–water partition coefficient (Wildman–Crippen LogP) is 3.01. The molecule has 2 N–H and O–H groups in total. The van der Waals surface area contributed by atoms with Crippen molar-refractivity contribution in [2.24, 2.45) is 5.92 Å². The standard InChI is InChI=1S/C17H19NO/c19-17(16-12-8-9-13(10-12)18-16)15-7-3-5-11-4-1-2-6-14(11)15/h1-7,12-13,16-19H,8-10H2/t12-,13+,16-,17+/m1/s1. The van der Waals surface area contributed by atoms with E-state index in [2.05, 4.69) is 29.6 Å². The molecule has 0 radical (unpaired) electrons. The number of fused-ring (bicyclic) bond motifs is 3. The first-order valence-electron chi connectivity index (χ1n) is 7.25. The van der Waals surface area contributed by atoms with E-state index in [9.17, 15) is 5.11 Å². The molecule has 19 heavy (non-hydrogen) atoms. The lowest BCUT2D eigenvalue weighted by atomic mass is 9.89. The van der Waals surface area contributed by atoms with Gasteiger partial charge in [0.25, 0.3) is 0 Å². The van der Waals surface area contributed by atoms with Crippen LogP contribution >= 0.6 is 0 Å². The summed E-state index contributed by atoms with van der Waals surface area (Å²) in [4.78, 5) is 0. The molecule has 2 aromatic rings. The van der Waals surface area contributed by atoms with Gasteiger partial charge in [0, 0.05) is 12.1 Å².